The number of carbonyl (C=O) groups excluding carboxylic acids is 1. The Morgan fingerprint density at radius 1 is 1.48 bits per heavy atom. The average Bonchev–Trinajstić information content (AvgIpc) is 2.94. The molecule has 0 saturated heterocycles. The Morgan fingerprint density at radius 2 is 2.24 bits per heavy atom. The first-order valence-corrected chi connectivity index (χ1v) is 7.39. The minimum absolute atomic E-state index is 0.226. The Labute approximate surface area is 126 Å². The lowest BCUT2D eigenvalue weighted by Gasteiger charge is -2.22. The van der Waals surface area contributed by atoms with E-state index in [0.717, 1.165) is 25.5 Å². The molecular formula is C16H23N3O2. The Morgan fingerprint density at radius 3 is 2.95 bits per heavy atom. The molecule has 5 nitrogen and oxygen atoms in total. The summed E-state index contributed by atoms with van der Waals surface area (Å²) in [5, 5.41) is 3.30. The highest BCUT2D eigenvalue weighted by Crippen LogP contribution is 2.27. The molecular weight excluding hydrogens is 266 g/mol. The highest BCUT2D eigenvalue weighted by atomic mass is 16.5. The van der Waals surface area contributed by atoms with Gasteiger partial charge in [0.15, 0.2) is 5.96 Å². The third-order valence-electron chi connectivity index (χ3n) is 3.60. The van der Waals surface area contributed by atoms with Crippen molar-refractivity contribution >= 4 is 17.6 Å². The number of hydrogen-bond donors (Lipinski definition) is 1. The minimum atomic E-state index is -0.235. The van der Waals surface area contributed by atoms with Gasteiger partial charge in [0.1, 0.15) is 0 Å². The summed E-state index contributed by atoms with van der Waals surface area (Å²) < 4.78 is 4.74. The molecule has 0 spiro atoms. The number of methoxy groups -OCH3 is 1. The fourth-order valence-corrected chi connectivity index (χ4v) is 2.45. The van der Waals surface area contributed by atoms with E-state index in [2.05, 4.69) is 33.4 Å². The summed E-state index contributed by atoms with van der Waals surface area (Å²) in [7, 11) is 1.41. The zero-order valence-electron chi connectivity index (χ0n) is 12.9. The molecule has 0 bridgehead atoms. The maximum Gasteiger partial charge on any atom is 0.310 e. The summed E-state index contributed by atoms with van der Waals surface area (Å²) in [6.07, 6.45) is 1.02. The van der Waals surface area contributed by atoms with Crippen LogP contribution in [0.4, 0.5) is 5.69 Å². The second-order valence-corrected chi connectivity index (χ2v) is 5.15. The van der Waals surface area contributed by atoms with Crippen LogP contribution in [-0.4, -0.2) is 38.7 Å². The van der Waals surface area contributed by atoms with Crippen LogP contribution in [0.25, 0.3) is 0 Å². The van der Waals surface area contributed by atoms with Gasteiger partial charge in [0, 0.05) is 18.8 Å². The number of ether oxygens (including phenoxy) is 1. The first-order valence-electron chi connectivity index (χ1n) is 7.39. The third-order valence-corrected chi connectivity index (χ3v) is 3.60. The summed E-state index contributed by atoms with van der Waals surface area (Å²) in [6.45, 7) is 6.01. The number of fused-ring (bicyclic) bond motifs is 1. The van der Waals surface area contributed by atoms with Crippen LogP contribution in [0, 0.1) is 5.92 Å². The molecule has 1 aliphatic heterocycles. The number of esters is 1. The summed E-state index contributed by atoms with van der Waals surface area (Å²) in [6, 6.07) is 8.36. The van der Waals surface area contributed by atoms with Crippen molar-refractivity contribution < 1.29 is 9.53 Å². The third kappa shape index (κ3) is 3.54. The summed E-state index contributed by atoms with van der Waals surface area (Å²) in [5.41, 5.74) is 2.53. The first-order chi connectivity index (χ1) is 10.2. The van der Waals surface area contributed by atoms with Crippen LogP contribution >= 0.6 is 0 Å². The molecule has 1 atom stereocenters. The maximum atomic E-state index is 11.5. The van der Waals surface area contributed by atoms with Crippen molar-refractivity contribution in [1.82, 2.24) is 5.32 Å². The lowest BCUT2D eigenvalue weighted by atomic mass is 10.2. The van der Waals surface area contributed by atoms with Crippen molar-refractivity contribution in [2.45, 2.75) is 20.3 Å². The number of aliphatic imine (C=N–C) groups is 1. The maximum absolute atomic E-state index is 11.5. The zero-order valence-corrected chi connectivity index (χ0v) is 12.9. The summed E-state index contributed by atoms with van der Waals surface area (Å²) >= 11 is 0. The van der Waals surface area contributed by atoms with Gasteiger partial charge in [-0.1, -0.05) is 25.1 Å². The van der Waals surface area contributed by atoms with Gasteiger partial charge in [-0.2, -0.15) is 0 Å². The van der Waals surface area contributed by atoms with E-state index in [1.165, 1.54) is 18.4 Å². The SMILES string of the molecule is CCNC(=NCC(C)C(=O)OC)N1CCc2ccccc21. The van der Waals surface area contributed by atoms with Gasteiger partial charge in [-0.25, -0.2) is 0 Å². The lowest BCUT2D eigenvalue weighted by molar-refractivity contribution is -0.144. The highest BCUT2D eigenvalue weighted by Gasteiger charge is 2.23. The summed E-state index contributed by atoms with van der Waals surface area (Å²) in [4.78, 5) is 18.3. The average molecular weight is 289 g/mol. The molecule has 0 radical (unpaired) electrons. The molecule has 2 rings (SSSR count). The molecule has 1 unspecified atom stereocenters. The highest BCUT2D eigenvalue weighted by molar-refractivity contribution is 5.98. The van der Waals surface area contributed by atoms with Crippen molar-refractivity contribution in [1.29, 1.82) is 0 Å². The van der Waals surface area contributed by atoms with Crippen molar-refractivity contribution in [3.8, 4) is 0 Å². The molecule has 114 valence electrons. The largest absolute Gasteiger partial charge is 0.469 e. The van der Waals surface area contributed by atoms with Gasteiger partial charge in [0.05, 0.1) is 19.6 Å². The van der Waals surface area contributed by atoms with E-state index < -0.39 is 0 Å². The smallest absolute Gasteiger partial charge is 0.310 e. The zero-order chi connectivity index (χ0) is 15.2. The number of nitrogens with zero attached hydrogens (tertiary/aromatic N) is 2. The molecule has 0 aliphatic carbocycles. The normalized spacial score (nSPS) is 15.6. The van der Waals surface area contributed by atoms with Crippen LogP contribution in [0.15, 0.2) is 29.3 Å². The standard InChI is InChI=1S/C16H23N3O2/c1-4-17-16(18-11-12(2)15(20)21-3)19-10-9-13-7-5-6-8-14(13)19/h5-8,12H,4,9-11H2,1-3H3,(H,17,18). The van der Waals surface area contributed by atoms with Gasteiger partial charge in [-0.3, -0.25) is 9.79 Å². The fraction of sp³-hybridized carbons (Fsp3) is 0.500. The number of guanidine groups is 1. The van der Waals surface area contributed by atoms with E-state index in [4.69, 9.17) is 4.74 Å². The molecule has 21 heavy (non-hydrogen) atoms. The van der Waals surface area contributed by atoms with E-state index in [0.29, 0.717) is 6.54 Å². The second kappa shape index (κ2) is 7.11. The second-order valence-electron chi connectivity index (χ2n) is 5.15. The molecule has 1 heterocycles. The number of nitrogens with one attached hydrogen (secondary N) is 1. The number of anilines is 1. The topological polar surface area (TPSA) is 53.9 Å². The molecule has 1 N–H and O–H groups in total. The van der Waals surface area contributed by atoms with E-state index in [-0.39, 0.29) is 11.9 Å². The minimum Gasteiger partial charge on any atom is -0.469 e. The molecule has 0 fully saturated rings. The number of para-hydroxylation sites is 1. The Kier molecular flexibility index (Phi) is 5.20. The van der Waals surface area contributed by atoms with E-state index in [1.807, 2.05) is 19.9 Å². The van der Waals surface area contributed by atoms with Crippen molar-refractivity contribution in [2.75, 3.05) is 31.6 Å². The van der Waals surface area contributed by atoms with Gasteiger partial charge in [-0.15, -0.1) is 0 Å². The van der Waals surface area contributed by atoms with E-state index in [9.17, 15) is 4.79 Å². The Hall–Kier alpha value is -2.04. The number of carbonyl (C=O) groups is 1. The van der Waals surface area contributed by atoms with Gasteiger partial charge in [0.25, 0.3) is 0 Å². The van der Waals surface area contributed by atoms with Gasteiger partial charge in [0.2, 0.25) is 0 Å². The number of benzene rings is 1. The first kappa shape index (κ1) is 15.4. The Bertz CT molecular complexity index is 528. The van der Waals surface area contributed by atoms with E-state index in [1.54, 1.807) is 0 Å². The lowest BCUT2D eigenvalue weighted by Crippen LogP contribution is -2.41. The van der Waals surface area contributed by atoms with Crippen LogP contribution in [0.5, 0.6) is 0 Å². The molecule has 0 aromatic heterocycles. The number of hydrogen-bond acceptors (Lipinski definition) is 3. The molecule has 0 saturated carbocycles. The van der Waals surface area contributed by atoms with E-state index >= 15 is 0 Å². The van der Waals surface area contributed by atoms with Crippen molar-refractivity contribution in [3.05, 3.63) is 29.8 Å². The van der Waals surface area contributed by atoms with Crippen LogP contribution < -0.4 is 10.2 Å². The van der Waals surface area contributed by atoms with Crippen molar-refractivity contribution in [3.63, 3.8) is 0 Å². The molecule has 5 heteroatoms. The van der Waals surface area contributed by atoms with Crippen LogP contribution in [0.2, 0.25) is 0 Å². The van der Waals surface area contributed by atoms with Crippen LogP contribution in [0.1, 0.15) is 19.4 Å². The molecule has 1 aromatic carbocycles. The van der Waals surface area contributed by atoms with Crippen molar-refractivity contribution in [2.24, 2.45) is 10.9 Å². The van der Waals surface area contributed by atoms with Crippen LogP contribution in [0.3, 0.4) is 0 Å². The van der Waals surface area contributed by atoms with Gasteiger partial charge in [-0.05, 0) is 25.0 Å². The van der Waals surface area contributed by atoms with Gasteiger partial charge >= 0.3 is 5.97 Å². The predicted molar refractivity (Wildman–Crippen MR) is 84.7 cm³/mol. The quantitative estimate of drug-likeness (QED) is 0.522. The molecule has 1 aromatic rings. The molecule has 1 aliphatic rings. The molecule has 0 amide bonds. The van der Waals surface area contributed by atoms with Gasteiger partial charge < -0.3 is 15.0 Å². The number of rotatable bonds is 4. The predicted octanol–water partition coefficient (Wildman–Crippen LogP) is 1.82. The summed E-state index contributed by atoms with van der Waals surface area (Å²) in [5.74, 6) is 0.371. The monoisotopic (exact) mass is 289 g/mol. The Balaban J connectivity index is 2.14. The fourth-order valence-electron chi connectivity index (χ4n) is 2.45. The van der Waals surface area contributed by atoms with Crippen LogP contribution in [-0.2, 0) is 16.0 Å².